The third-order valence-electron chi connectivity index (χ3n) is 5.03. The van der Waals surface area contributed by atoms with E-state index < -0.39 is 0 Å². The number of H-pyrrole nitrogens is 1. The summed E-state index contributed by atoms with van der Waals surface area (Å²) >= 11 is 6.18. The normalized spacial score (nSPS) is 16.4. The molecule has 4 aromatic heterocycles. The third-order valence-corrected chi connectivity index (χ3v) is 5.29. The van der Waals surface area contributed by atoms with Crippen LogP contribution in [0.25, 0.3) is 28.1 Å². The molecule has 8 nitrogen and oxygen atoms in total. The second-order valence-electron chi connectivity index (χ2n) is 6.93. The van der Waals surface area contributed by atoms with Gasteiger partial charge in [-0.1, -0.05) is 11.6 Å². The van der Waals surface area contributed by atoms with E-state index in [0.29, 0.717) is 22.8 Å². The standard InChI is InChI=1S/C18H19ClN8/c1-26-8-5-11(6-9-26)22-18-23-16(12-4-7-20-17(12)24-18)13-2-3-15-21-10-14(19)27(15)25-13/h2-4,7,10-11H,5-6,8-9H2,1H3,(H2,20,22,23,24). The number of rotatable bonds is 3. The number of nitrogens with one attached hydrogen (secondary N) is 2. The number of nitrogens with zero attached hydrogens (tertiary/aromatic N) is 6. The van der Waals surface area contributed by atoms with Crippen molar-refractivity contribution >= 4 is 34.2 Å². The Morgan fingerprint density at radius 2 is 2.04 bits per heavy atom. The highest BCUT2D eigenvalue weighted by Gasteiger charge is 2.19. The van der Waals surface area contributed by atoms with E-state index in [1.165, 1.54) is 0 Å². The van der Waals surface area contributed by atoms with Crippen LogP contribution in [0.4, 0.5) is 5.95 Å². The Balaban J connectivity index is 1.56. The van der Waals surface area contributed by atoms with Crippen molar-refractivity contribution in [3.63, 3.8) is 0 Å². The second-order valence-corrected chi connectivity index (χ2v) is 7.31. The predicted molar refractivity (Wildman–Crippen MR) is 105 cm³/mol. The Hall–Kier alpha value is -2.71. The van der Waals surface area contributed by atoms with Gasteiger partial charge in [0.25, 0.3) is 0 Å². The first kappa shape index (κ1) is 16.5. The zero-order chi connectivity index (χ0) is 18.4. The first-order valence-corrected chi connectivity index (χ1v) is 9.36. The summed E-state index contributed by atoms with van der Waals surface area (Å²) in [5.41, 5.74) is 2.98. The van der Waals surface area contributed by atoms with Crippen molar-refractivity contribution in [3.8, 4) is 11.4 Å². The minimum Gasteiger partial charge on any atom is -0.351 e. The number of hydrogen-bond acceptors (Lipinski definition) is 6. The molecule has 0 aromatic carbocycles. The first-order valence-electron chi connectivity index (χ1n) is 8.98. The molecular weight excluding hydrogens is 364 g/mol. The van der Waals surface area contributed by atoms with Crippen molar-refractivity contribution in [1.29, 1.82) is 0 Å². The van der Waals surface area contributed by atoms with Gasteiger partial charge in [-0.15, -0.1) is 0 Å². The quantitative estimate of drug-likeness (QED) is 0.566. The average molecular weight is 383 g/mol. The highest BCUT2D eigenvalue weighted by Crippen LogP contribution is 2.27. The van der Waals surface area contributed by atoms with Crippen LogP contribution < -0.4 is 5.32 Å². The maximum atomic E-state index is 6.18. The molecule has 0 saturated carbocycles. The number of halogens is 1. The van der Waals surface area contributed by atoms with E-state index in [4.69, 9.17) is 16.6 Å². The molecule has 1 aliphatic rings. The monoisotopic (exact) mass is 382 g/mol. The Morgan fingerprint density at radius 3 is 2.89 bits per heavy atom. The molecule has 0 amide bonds. The molecule has 1 saturated heterocycles. The van der Waals surface area contributed by atoms with E-state index in [-0.39, 0.29) is 0 Å². The van der Waals surface area contributed by atoms with Crippen molar-refractivity contribution in [3.05, 3.63) is 35.7 Å². The fourth-order valence-electron chi connectivity index (χ4n) is 3.51. The van der Waals surface area contributed by atoms with Crippen LogP contribution in [0.5, 0.6) is 0 Å². The van der Waals surface area contributed by atoms with Crippen LogP contribution in [0.2, 0.25) is 5.15 Å². The molecule has 138 valence electrons. The minimum atomic E-state index is 0.375. The van der Waals surface area contributed by atoms with E-state index in [1.54, 1.807) is 10.7 Å². The Morgan fingerprint density at radius 1 is 1.19 bits per heavy atom. The molecule has 4 aromatic rings. The van der Waals surface area contributed by atoms with E-state index in [9.17, 15) is 0 Å². The van der Waals surface area contributed by atoms with Crippen LogP contribution in [0, 0.1) is 0 Å². The molecule has 1 aliphatic heterocycles. The van der Waals surface area contributed by atoms with Gasteiger partial charge < -0.3 is 15.2 Å². The highest BCUT2D eigenvalue weighted by molar-refractivity contribution is 6.29. The second kappa shape index (κ2) is 6.47. The zero-order valence-electron chi connectivity index (χ0n) is 14.9. The molecule has 1 fully saturated rings. The topological polar surface area (TPSA) is 87.0 Å². The van der Waals surface area contributed by atoms with Gasteiger partial charge in [0.05, 0.1) is 6.20 Å². The van der Waals surface area contributed by atoms with Crippen LogP contribution in [0.15, 0.2) is 30.6 Å². The van der Waals surface area contributed by atoms with E-state index in [1.807, 2.05) is 24.4 Å². The molecule has 0 atom stereocenters. The summed E-state index contributed by atoms with van der Waals surface area (Å²) < 4.78 is 1.61. The van der Waals surface area contributed by atoms with E-state index in [0.717, 1.165) is 48.4 Å². The van der Waals surface area contributed by atoms with Crippen LogP contribution in [0.1, 0.15) is 12.8 Å². The van der Waals surface area contributed by atoms with Gasteiger partial charge in [0.2, 0.25) is 5.95 Å². The summed E-state index contributed by atoms with van der Waals surface area (Å²) in [5, 5.41) is 9.50. The summed E-state index contributed by atoms with van der Waals surface area (Å²) in [6, 6.07) is 6.14. The maximum Gasteiger partial charge on any atom is 0.225 e. The summed E-state index contributed by atoms with van der Waals surface area (Å²) in [5.74, 6) is 0.619. The van der Waals surface area contributed by atoms with E-state index >= 15 is 0 Å². The van der Waals surface area contributed by atoms with Crippen molar-refractivity contribution in [2.24, 2.45) is 0 Å². The summed E-state index contributed by atoms with van der Waals surface area (Å²) in [4.78, 5) is 19.2. The molecular formula is C18H19ClN8. The van der Waals surface area contributed by atoms with Crippen LogP contribution in [-0.2, 0) is 0 Å². The number of likely N-dealkylation sites (tertiary alicyclic amines) is 1. The molecule has 9 heteroatoms. The largest absolute Gasteiger partial charge is 0.351 e. The molecule has 0 unspecified atom stereocenters. The summed E-state index contributed by atoms with van der Waals surface area (Å²) in [6.07, 6.45) is 5.61. The van der Waals surface area contributed by atoms with Crippen LogP contribution >= 0.6 is 11.6 Å². The van der Waals surface area contributed by atoms with Crippen LogP contribution in [0.3, 0.4) is 0 Å². The molecule has 0 bridgehead atoms. The molecule has 0 aliphatic carbocycles. The number of piperidine rings is 1. The fraction of sp³-hybridized carbons (Fsp3) is 0.333. The molecule has 5 rings (SSSR count). The minimum absolute atomic E-state index is 0.375. The van der Waals surface area contributed by atoms with Gasteiger partial charge in [0.15, 0.2) is 10.8 Å². The highest BCUT2D eigenvalue weighted by atomic mass is 35.5. The van der Waals surface area contributed by atoms with E-state index in [2.05, 4.69) is 37.3 Å². The van der Waals surface area contributed by atoms with Gasteiger partial charge >= 0.3 is 0 Å². The molecule has 5 heterocycles. The number of hydrogen-bond donors (Lipinski definition) is 2. The SMILES string of the molecule is CN1CCC(Nc2nc(-c3ccc4ncc(Cl)n4n3)c3cc[nH]c3n2)CC1. The number of anilines is 1. The number of imidazole rings is 1. The first-order chi connectivity index (χ1) is 13.2. The average Bonchev–Trinajstić information content (AvgIpc) is 3.29. The maximum absolute atomic E-state index is 6.18. The fourth-order valence-corrected chi connectivity index (χ4v) is 3.68. The lowest BCUT2D eigenvalue weighted by molar-refractivity contribution is 0.263. The van der Waals surface area contributed by atoms with Gasteiger partial charge in [-0.3, -0.25) is 0 Å². The summed E-state index contributed by atoms with van der Waals surface area (Å²) in [7, 11) is 2.15. The molecule has 0 radical (unpaired) electrons. The Kier molecular flexibility index (Phi) is 3.95. The van der Waals surface area contributed by atoms with Crippen molar-refractivity contribution < 1.29 is 0 Å². The lowest BCUT2D eigenvalue weighted by atomic mass is 10.1. The number of aromatic nitrogens is 6. The lowest BCUT2D eigenvalue weighted by Crippen LogP contribution is -2.37. The Labute approximate surface area is 160 Å². The van der Waals surface area contributed by atoms with Gasteiger partial charge in [-0.05, 0) is 51.2 Å². The Bertz CT molecular complexity index is 1110. The molecule has 2 N–H and O–H groups in total. The smallest absolute Gasteiger partial charge is 0.225 e. The molecule has 0 spiro atoms. The number of fused-ring (bicyclic) bond motifs is 2. The van der Waals surface area contributed by atoms with Gasteiger partial charge in [0, 0.05) is 17.6 Å². The number of aromatic amines is 1. The van der Waals surface area contributed by atoms with Crippen molar-refractivity contribution in [1.82, 2.24) is 34.4 Å². The summed E-state index contributed by atoms with van der Waals surface area (Å²) in [6.45, 7) is 2.15. The van der Waals surface area contributed by atoms with Gasteiger partial charge in [-0.2, -0.15) is 10.1 Å². The lowest BCUT2D eigenvalue weighted by Gasteiger charge is -2.29. The van der Waals surface area contributed by atoms with Crippen molar-refractivity contribution in [2.45, 2.75) is 18.9 Å². The zero-order valence-corrected chi connectivity index (χ0v) is 15.6. The van der Waals surface area contributed by atoms with Crippen molar-refractivity contribution in [2.75, 3.05) is 25.5 Å². The molecule has 27 heavy (non-hydrogen) atoms. The predicted octanol–water partition coefficient (Wildman–Crippen LogP) is 2.83. The van der Waals surface area contributed by atoms with Gasteiger partial charge in [-0.25, -0.2) is 14.5 Å². The third kappa shape index (κ3) is 3.00. The van der Waals surface area contributed by atoms with Gasteiger partial charge in [0.1, 0.15) is 17.0 Å². The van der Waals surface area contributed by atoms with Crippen LogP contribution in [-0.4, -0.2) is 60.6 Å².